The zero-order valence-electron chi connectivity index (χ0n) is 9.16. The van der Waals surface area contributed by atoms with E-state index in [1.54, 1.807) is 0 Å². The number of aliphatic imine (C=N–C) groups is 1. The van der Waals surface area contributed by atoms with Crippen LogP contribution in [0.4, 0.5) is 0 Å². The molecule has 1 aliphatic rings. The van der Waals surface area contributed by atoms with Gasteiger partial charge in [0.05, 0.1) is 6.04 Å². The van der Waals surface area contributed by atoms with Crippen molar-refractivity contribution in [1.82, 2.24) is 0 Å². The van der Waals surface area contributed by atoms with Crippen LogP contribution in [-0.4, -0.2) is 23.8 Å². The molecular weight excluding hydrogens is 178 g/mol. The van der Waals surface area contributed by atoms with E-state index in [1.165, 1.54) is 6.42 Å². The van der Waals surface area contributed by atoms with Crippen molar-refractivity contribution in [2.45, 2.75) is 44.9 Å². The lowest BCUT2D eigenvalue weighted by Crippen LogP contribution is -2.49. The van der Waals surface area contributed by atoms with Gasteiger partial charge in [-0.1, -0.05) is 27.2 Å². The number of unbranched alkanes of at least 4 members (excludes halogenated alkanes) is 1. The number of thioether (sulfide) groups is 1. The smallest absolute Gasteiger partial charge is 0.0568 e. The summed E-state index contributed by atoms with van der Waals surface area (Å²) in [6.45, 7) is 6.86. The summed E-state index contributed by atoms with van der Waals surface area (Å²) in [6, 6.07) is 0.601. The molecule has 0 spiro atoms. The average molecular weight is 199 g/mol. The van der Waals surface area contributed by atoms with E-state index < -0.39 is 0 Å². The van der Waals surface area contributed by atoms with Gasteiger partial charge in [0.1, 0.15) is 0 Å². The zero-order valence-corrected chi connectivity index (χ0v) is 9.97. The Morgan fingerprint density at radius 3 is 2.38 bits per heavy atom. The van der Waals surface area contributed by atoms with Crippen molar-refractivity contribution in [2.75, 3.05) is 6.26 Å². The van der Waals surface area contributed by atoms with E-state index >= 15 is 0 Å². The molecular formula is C11H21NS. The summed E-state index contributed by atoms with van der Waals surface area (Å²) in [5.74, 6) is 1.55. The van der Waals surface area contributed by atoms with Crippen LogP contribution in [-0.2, 0) is 0 Å². The number of hydrogen-bond donors (Lipinski definition) is 0. The van der Waals surface area contributed by atoms with Crippen LogP contribution in [0.5, 0.6) is 0 Å². The van der Waals surface area contributed by atoms with Crippen molar-refractivity contribution < 1.29 is 0 Å². The van der Waals surface area contributed by atoms with E-state index in [0.29, 0.717) is 6.04 Å². The van der Waals surface area contributed by atoms with Gasteiger partial charge < -0.3 is 0 Å². The zero-order chi connectivity index (χ0) is 9.84. The van der Waals surface area contributed by atoms with Crippen LogP contribution >= 0.6 is 11.8 Å². The second-order valence-corrected chi connectivity index (χ2v) is 5.05. The lowest BCUT2D eigenvalue weighted by Gasteiger charge is -2.46. The maximum Gasteiger partial charge on any atom is 0.0568 e. The van der Waals surface area contributed by atoms with Gasteiger partial charge in [-0.3, -0.25) is 4.99 Å². The Morgan fingerprint density at radius 1 is 1.31 bits per heavy atom. The predicted octanol–water partition coefficient (Wildman–Crippen LogP) is 3.24. The fraction of sp³-hybridized carbons (Fsp3) is 0.909. The normalized spacial score (nSPS) is 39.4. The Labute approximate surface area is 86.4 Å². The van der Waals surface area contributed by atoms with Gasteiger partial charge >= 0.3 is 0 Å². The Hall–Kier alpha value is 0.0200. The van der Waals surface area contributed by atoms with Gasteiger partial charge in [0.2, 0.25) is 0 Å². The molecule has 1 aliphatic carbocycles. The van der Waals surface area contributed by atoms with Crippen molar-refractivity contribution >= 4 is 18.0 Å². The Kier molecular flexibility index (Phi) is 4.30. The average Bonchev–Trinajstić information content (AvgIpc) is 2.13. The highest BCUT2D eigenvalue weighted by Crippen LogP contribution is 2.43. The second-order valence-electron chi connectivity index (χ2n) is 4.03. The molecule has 0 N–H and O–H groups in total. The first-order chi connectivity index (χ1) is 6.22. The molecule has 0 radical (unpaired) electrons. The molecule has 0 aromatic heterocycles. The summed E-state index contributed by atoms with van der Waals surface area (Å²) in [4.78, 5) is 4.64. The largest absolute Gasteiger partial charge is 0.294 e. The molecule has 0 amide bonds. The van der Waals surface area contributed by atoms with Gasteiger partial charge in [-0.15, -0.1) is 0 Å². The lowest BCUT2D eigenvalue weighted by atomic mass is 9.71. The van der Waals surface area contributed by atoms with Gasteiger partial charge in [-0.05, 0) is 30.7 Å². The van der Waals surface area contributed by atoms with Crippen LogP contribution in [0.15, 0.2) is 4.99 Å². The predicted molar refractivity (Wildman–Crippen MR) is 62.8 cm³/mol. The molecule has 76 valence electrons. The summed E-state index contributed by atoms with van der Waals surface area (Å²) in [5, 5.41) is 0.837. The highest BCUT2D eigenvalue weighted by Gasteiger charge is 2.43. The topological polar surface area (TPSA) is 12.4 Å². The third-order valence-corrected chi connectivity index (χ3v) is 4.48. The summed E-state index contributed by atoms with van der Waals surface area (Å²) in [7, 11) is 0. The molecule has 2 unspecified atom stereocenters. The second kappa shape index (κ2) is 5.04. The van der Waals surface area contributed by atoms with Crippen molar-refractivity contribution in [2.24, 2.45) is 16.8 Å². The van der Waals surface area contributed by atoms with Crippen LogP contribution < -0.4 is 0 Å². The van der Waals surface area contributed by atoms with Crippen LogP contribution in [0.25, 0.3) is 0 Å². The lowest BCUT2D eigenvalue weighted by molar-refractivity contribution is 0.196. The molecule has 1 saturated carbocycles. The standard InChI is InChI=1S/C11H21NS/c1-5-6-7-12-10-8(2)11(13-4)9(10)3/h7-11H,5-6H2,1-4H3. The highest BCUT2D eigenvalue weighted by molar-refractivity contribution is 7.99. The molecule has 0 aromatic carbocycles. The Balaban J connectivity index is 2.37. The fourth-order valence-electron chi connectivity index (χ4n) is 2.23. The molecule has 1 fully saturated rings. The van der Waals surface area contributed by atoms with Crippen molar-refractivity contribution in [3.8, 4) is 0 Å². The minimum atomic E-state index is 0.601. The quantitative estimate of drug-likeness (QED) is 0.633. The van der Waals surface area contributed by atoms with Crippen molar-refractivity contribution in [3.63, 3.8) is 0 Å². The number of hydrogen-bond acceptors (Lipinski definition) is 2. The summed E-state index contributed by atoms with van der Waals surface area (Å²) < 4.78 is 0. The third kappa shape index (κ3) is 2.28. The van der Waals surface area contributed by atoms with E-state index in [1.807, 2.05) is 11.8 Å². The fourth-order valence-corrected chi connectivity index (χ4v) is 3.41. The van der Waals surface area contributed by atoms with E-state index in [2.05, 4.69) is 38.2 Å². The Bertz CT molecular complexity index is 169. The van der Waals surface area contributed by atoms with Gasteiger partial charge in [0.15, 0.2) is 0 Å². The SMILES string of the molecule is CCCC=NC1C(C)C(SC)C1C. The molecule has 2 heteroatoms. The number of rotatable bonds is 4. The van der Waals surface area contributed by atoms with Crippen molar-refractivity contribution in [1.29, 1.82) is 0 Å². The maximum absolute atomic E-state index is 4.64. The van der Waals surface area contributed by atoms with E-state index in [0.717, 1.165) is 23.5 Å². The molecule has 1 nitrogen and oxygen atoms in total. The molecule has 0 saturated heterocycles. The van der Waals surface area contributed by atoms with Gasteiger partial charge in [0, 0.05) is 5.25 Å². The van der Waals surface area contributed by atoms with Crippen molar-refractivity contribution in [3.05, 3.63) is 0 Å². The van der Waals surface area contributed by atoms with E-state index in [9.17, 15) is 0 Å². The minimum absolute atomic E-state index is 0.601. The molecule has 0 aromatic rings. The number of nitrogens with zero attached hydrogens (tertiary/aromatic N) is 1. The van der Waals surface area contributed by atoms with E-state index in [-0.39, 0.29) is 0 Å². The van der Waals surface area contributed by atoms with Gasteiger partial charge in [0.25, 0.3) is 0 Å². The first-order valence-corrected chi connectivity index (χ1v) is 6.55. The molecule has 0 aliphatic heterocycles. The summed E-state index contributed by atoms with van der Waals surface area (Å²) >= 11 is 2.00. The van der Waals surface area contributed by atoms with Crippen LogP contribution in [0.3, 0.4) is 0 Å². The molecule has 2 atom stereocenters. The third-order valence-electron chi connectivity index (χ3n) is 3.08. The van der Waals surface area contributed by atoms with Crippen LogP contribution in [0, 0.1) is 11.8 Å². The molecule has 13 heavy (non-hydrogen) atoms. The highest BCUT2D eigenvalue weighted by atomic mass is 32.2. The van der Waals surface area contributed by atoms with Crippen LogP contribution in [0.1, 0.15) is 33.6 Å². The summed E-state index contributed by atoms with van der Waals surface area (Å²) in [6.07, 6.45) is 6.68. The first-order valence-electron chi connectivity index (χ1n) is 5.26. The molecule has 0 bridgehead atoms. The Morgan fingerprint density at radius 2 is 1.92 bits per heavy atom. The molecule has 0 heterocycles. The summed E-state index contributed by atoms with van der Waals surface area (Å²) in [5.41, 5.74) is 0. The molecule has 1 rings (SSSR count). The van der Waals surface area contributed by atoms with Gasteiger partial charge in [-0.25, -0.2) is 0 Å². The monoisotopic (exact) mass is 199 g/mol. The minimum Gasteiger partial charge on any atom is -0.294 e. The first kappa shape index (κ1) is 11.1. The van der Waals surface area contributed by atoms with Gasteiger partial charge in [-0.2, -0.15) is 11.8 Å². The maximum atomic E-state index is 4.64. The van der Waals surface area contributed by atoms with E-state index in [4.69, 9.17) is 0 Å². The van der Waals surface area contributed by atoms with Crippen LogP contribution in [0.2, 0.25) is 0 Å².